The Morgan fingerprint density at radius 1 is 1.71 bits per heavy atom. The molecule has 0 aliphatic carbocycles. The number of hydrogen-bond acceptors (Lipinski definition) is 4. The van der Waals surface area contributed by atoms with E-state index in [2.05, 4.69) is 17.0 Å². The molecule has 0 saturated carbocycles. The van der Waals surface area contributed by atoms with Crippen LogP contribution in [0.5, 0.6) is 0 Å². The first kappa shape index (κ1) is 11.3. The van der Waals surface area contributed by atoms with Crippen LogP contribution in [0, 0.1) is 0 Å². The van der Waals surface area contributed by atoms with Gasteiger partial charge in [-0.1, -0.05) is 12.1 Å². The van der Waals surface area contributed by atoms with E-state index in [-0.39, 0.29) is 5.84 Å². The molecule has 1 rings (SSSR count). The Bertz CT molecular complexity index is 190. The normalized spacial score (nSPS) is 23.3. The molecule has 0 spiro atoms. The summed E-state index contributed by atoms with van der Waals surface area (Å²) in [5, 5.41) is 11.5. The summed E-state index contributed by atoms with van der Waals surface area (Å²) in [5.74, 6) is 0.269. The fraction of sp³-hybridized carbons (Fsp3) is 0.889. The Morgan fingerprint density at radius 2 is 2.50 bits per heavy atom. The van der Waals surface area contributed by atoms with E-state index in [9.17, 15) is 0 Å². The van der Waals surface area contributed by atoms with Crippen LogP contribution in [0.4, 0.5) is 0 Å². The average molecular weight is 201 g/mol. The van der Waals surface area contributed by atoms with Gasteiger partial charge in [0.2, 0.25) is 0 Å². The van der Waals surface area contributed by atoms with Crippen LogP contribution in [0.25, 0.3) is 0 Å². The second kappa shape index (κ2) is 5.82. The summed E-state index contributed by atoms with van der Waals surface area (Å²) in [4.78, 5) is 2.21. The molecule has 1 atom stereocenters. The van der Waals surface area contributed by atoms with Crippen LogP contribution in [0.15, 0.2) is 5.16 Å². The van der Waals surface area contributed by atoms with Gasteiger partial charge >= 0.3 is 0 Å². The summed E-state index contributed by atoms with van der Waals surface area (Å²) in [6.07, 6.45) is 2.11. The summed E-state index contributed by atoms with van der Waals surface area (Å²) in [6, 6.07) is 0.426. The van der Waals surface area contributed by atoms with E-state index < -0.39 is 0 Å². The highest BCUT2D eigenvalue weighted by Crippen LogP contribution is 2.12. The Morgan fingerprint density at radius 3 is 3.00 bits per heavy atom. The van der Waals surface area contributed by atoms with Crippen molar-refractivity contribution in [3.8, 4) is 0 Å². The first-order valence-electron chi connectivity index (χ1n) is 5.06. The van der Waals surface area contributed by atoms with Crippen LogP contribution in [0.3, 0.4) is 0 Å². The van der Waals surface area contributed by atoms with Crippen molar-refractivity contribution in [1.29, 1.82) is 0 Å². The maximum Gasteiger partial charge on any atom is 0.153 e. The van der Waals surface area contributed by atoms with Gasteiger partial charge in [-0.3, -0.25) is 4.90 Å². The van der Waals surface area contributed by atoms with Gasteiger partial charge in [-0.15, -0.1) is 0 Å². The van der Waals surface area contributed by atoms with Crippen LogP contribution in [-0.2, 0) is 4.74 Å². The van der Waals surface area contributed by atoms with Gasteiger partial charge in [-0.25, -0.2) is 0 Å². The molecule has 5 heteroatoms. The molecule has 82 valence electrons. The van der Waals surface area contributed by atoms with E-state index in [0.29, 0.717) is 12.6 Å². The van der Waals surface area contributed by atoms with Gasteiger partial charge in [0.15, 0.2) is 5.84 Å². The number of nitrogens with two attached hydrogens (primary N) is 1. The number of hydrogen-bond donors (Lipinski definition) is 2. The Hall–Kier alpha value is -0.810. The standard InChI is InChI=1S/C9H19N3O2/c1-2-4-12(6-9(10)11-13)8-3-5-14-7-8/h8,13H,2-7H2,1H3,(H2,10,11). The van der Waals surface area contributed by atoms with Crippen molar-refractivity contribution in [2.45, 2.75) is 25.8 Å². The van der Waals surface area contributed by atoms with Crippen LogP contribution in [0.2, 0.25) is 0 Å². The van der Waals surface area contributed by atoms with E-state index in [1.54, 1.807) is 0 Å². The third-order valence-corrected chi connectivity index (χ3v) is 2.43. The molecule has 1 unspecified atom stereocenters. The van der Waals surface area contributed by atoms with Gasteiger partial charge in [0.05, 0.1) is 13.2 Å². The van der Waals surface area contributed by atoms with Gasteiger partial charge in [0, 0.05) is 12.6 Å². The maximum atomic E-state index is 8.50. The smallest absolute Gasteiger partial charge is 0.153 e. The molecule has 0 amide bonds. The predicted octanol–water partition coefficient (Wildman–Crippen LogP) is 0.234. The molecule has 1 aliphatic rings. The Labute approximate surface area is 84.5 Å². The third-order valence-electron chi connectivity index (χ3n) is 2.43. The summed E-state index contributed by atoms with van der Waals surface area (Å²) < 4.78 is 5.31. The van der Waals surface area contributed by atoms with Crippen molar-refractivity contribution in [2.24, 2.45) is 10.9 Å². The van der Waals surface area contributed by atoms with E-state index in [1.165, 1.54) is 0 Å². The van der Waals surface area contributed by atoms with E-state index in [4.69, 9.17) is 15.7 Å². The minimum Gasteiger partial charge on any atom is -0.409 e. The average Bonchev–Trinajstić information content (AvgIpc) is 2.69. The zero-order valence-corrected chi connectivity index (χ0v) is 8.65. The molecule has 0 bridgehead atoms. The van der Waals surface area contributed by atoms with Gasteiger partial charge in [-0.2, -0.15) is 0 Å². The SMILES string of the molecule is CCCN(CC(N)=NO)C1CCOC1. The third kappa shape index (κ3) is 3.16. The minimum absolute atomic E-state index is 0.269. The second-order valence-electron chi connectivity index (χ2n) is 3.58. The maximum absolute atomic E-state index is 8.50. The molecule has 1 fully saturated rings. The van der Waals surface area contributed by atoms with Crippen LogP contribution in [0.1, 0.15) is 19.8 Å². The van der Waals surface area contributed by atoms with Gasteiger partial charge in [0.25, 0.3) is 0 Å². The lowest BCUT2D eigenvalue weighted by Crippen LogP contribution is -2.42. The summed E-state index contributed by atoms with van der Waals surface area (Å²) >= 11 is 0. The summed E-state index contributed by atoms with van der Waals surface area (Å²) in [5.41, 5.74) is 5.49. The molecule has 0 radical (unpaired) electrons. The summed E-state index contributed by atoms with van der Waals surface area (Å²) in [6.45, 7) is 5.19. The lowest BCUT2D eigenvalue weighted by Gasteiger charge is -2.26. The second-order valence-corrected chi connectivity index (χ2v) is 3.58. The van der Waals surface area contributed by atoms with Crippen LogP contribution >= 0.6 is 0 Å². The zero-order valence-electron chi connectivity index (χ0n) is 8.65. The largest absolute Gasteiger partial charge is 0.409 e. The molecule has 0 aromatic rings. The van der Waals surface area contributed by atoms with E-state index >= 15 is 0 Å². The molecular formula is C9H19N3O2. The molecule has 1 saturated heterocycles. The lowest BCUT2D eigenvalue weighted by molar-refractivity contribution is 0.153. The monoisotopic (exact) mass is 201 g/mol. The van der Waals surface area contributed by atoms with Crippen molar-refractivity contribution in [2.75, 3.05) is 26.3 Å². The van der Waals surface area contributed by atoms with Crippen molar-refractivity contribution in [1.82, 2.24) is 4.90 Å². The zero-order chi connectivity index (χ0) is 10.4. The Balaban J connectivity index is 2.44. The predicted molar refractivity (Wildman–Crippen MR) is 54.5 cm³/mol. The van der Waals surface area contributed by atoms with Crippen LogP contribution in [-0.4, -0.2) is 48.3 Å². The van der Waals surface area contributed by atoms with E-state index in [0.717, 1.165) is 32.6 Å². The minimum atomic E-state index is 0.269. The van der Waals surface area contributed by atoms with Crippen LogP contribution < -0.4 is 5.73 Å². The molecule has 1 aliphatic heterocycles. The molecule has 0 aromatic heterocycles. The molecular weight excluding hydrogens is 182 g/mol. The lowest BCUT2D eigenvalue weighted by atomic mass is 10.2. The molecule has 3 N–H and O–H groups in total. The van der Waals surface area contributed by atoms with Crippen molar-refractivity contribution < 1.29 is 9.94 Å². The molecule has 1 heterocycles. The van der Waals surface area contributed by atoms with Crippen molar-refractivity contribution in [3.05, 3.63) is 0 Å². The highest BCUT2D eigenvalue weighted by molar-refractivity contribution is 5.81. The highest BCUT2D eigenvalue weighted by atomic mass is 16.5. The molecule has 0 aromatic carbocycles. The van der Waals surface area contributed by atoms with E-state index in [1.807, 2.05) is 0 Å². The quantitative estimate of drug-likeness (QED) is 0.289. The molecule has 5 nitrogen and oxygen atoms in total. The fourth-order valence-corrected chi connectivity index (χ4v) is 1.73. The van der Waals surface area contributed by atoms with Gasteiger partial charge in [-0.05, 0) is 19.4 Å². The Kier molecular flexibility index (Phi) is 4.69. The number of oxime groups is 1. The highest BCUT2D eigenvalue weighted by Gasteiger charge is 2.23. The number of ether oxygens (including phenoxy) is 1. The first-order chi connectivity index (χ1) is 6.77. The number of nitrogens with zero attached hydrogens (tertiary/aromatic N) is 2. The van der Waals surface area contributed by atoms with Crippen molar-refractivity contribution >= 4 is 5.84 Å². The fourth-order valence-electron chi connectivity index (χ4n) is 1.73. The molecule has 14 heavy (non-hydrogen) atoms. The summed E-state index contributed by atoms with van der Waals surface area (Å²) in [7, 11) is 0. The first-order valence-corrected chi connectivity index (χ1v) is 5.06. The van der Waals surface area contributed by atoms with Gasteiger partial charge < -0.3 is 15.7 Å². The van der Waals surface area contributed by atoms with Gasteiger partial charge in [0.1, 0.15) is 0 Å². The van der Waals surface area contributed by atoms with Crippen molar-refractivity contribution in [3.63, 3.8) is 0 Å². The number of amidine groups is 1. The topological polar surface area (TPSA) is 71.1 Å². The number of rotatable bonds is 5.